The van der Waals surface area contributed by atoms with Crippen molar-refractivity contribution in [2.24, 2.45) is 5.41 Å². The quantitative estimate of drug-likeness (QED) is 0.636. The molecular formula is C12H15N. The first-order valence-electron chi connectivity index (χ1n) is 5.11. The Bertz CT molecular complexity index is 350. The second-order valence-corrected chi connectivity index (χ2v) is 4.69. The van der Waals surface area contributed by atoms with E-state index in [1.54, 1.807) is 0 Å². The highest BCUT2D eigenvalue weighted by molar-refractivity contribution is 5.56. The van der Waals surface area contributed by atoms with E-state index >= 15 is 0 Å². The maximum absolute atomic E-state index is 3.56. The van der Waals surface area contributed by atoms with Gasteiger partial charge in [0.2, 0.25) is 0 Å². The smallest absolute Gasteiger partial charge is 0.0375 e. The van der Waals surface area contributed by atoms with Crippen molar-refractivity contribution in [3.05, 3.63) is 29.3 Å². The molecule has 13 heavy (non-hydrogen) atoms. The molecule has 0 radical (unpaired) electrons. The molecular weight excluding hydrogens is 158 g/mol. The Morgan fingerprint density at radius 1 is 1.31 bits per heavy atom. The van der Waals surface area contributed by atoms with Crippen LogP contribution in [0.4, 0.5) is 5.69 Å². The van der Waals surface area contributed by atoms with Gasteiger partial charge in [0.05, 0.1) is 0 Å². The molecule has 0 amide bonds. The molecule has 1 heteroatoms. The topological polar surface area (TPSA) is 12.0 Å². The first-order valence-corrected chi connectivity index (χ1v) is 5.11. The van der Waals surface area contributed by atoms with Gasteiger partial charge >= 0.3 is 0 Å². The molecule has 1 saturated carbocycles. The van der Waals surface area contributed by atoms with Crippen LogP contribution in [0, 0.1) is 12.3 Å². The molecule has 68 valence electrons. The van der Waals surface area contributed by atoms with E-state index in [1.165, 1.54) is 42.6 Å². The Labute approximate surface area is 79.2 Å². The van der Waals surface area contributed by atoms with Gasteiger partial charge in [-0.3, -0.25) is 0 Å². The second kappa shape index (κ2) is 2.28. The number of aryl methyl sites for hydroxylation is 1. The van der Waals surface area contributed by atoms with Crippen LogP contribution < -0.4 is 5.32 Å². The lowest BCUT2D eigenvalue weighted by atomic mass is 9.91. The molecule has 2 aliphatic rings. The summed E-state index contributed by atoms with van der Waals surface area (Å²) >= 11 is 0. The highest BCUT2D eigenvalue weighted by Crippen LogP contribution is 2.51. The summed E-state index contributed by atoms with van der Waals surface area (Å²) in [5.41, 5.74) is 4.91. The van der Waals surface area contributed by atoms with Crippen LogP contribution in [0.3, 0.4) is 0 Å². The van der Waals surface area contributed by atoms with Gasteiger partial charge in [0.1, 0.15) is 0 Å². The predicted molar refractivity (Wildman–Crippen MR) is 55.0 cm³/mol. The molecule has 1 N–H and O–H groups in total. The molecule has 3 rings (SSSR count). The van der Waals surface area contributed by atoms with Crippen molar-refractivity contribution >= 4 is 5.69 Å². The zero-order valence-electron chi connectivity index (χ0n) is 8.06. The van der Waals surface area contributed by atoms with Crippen molar-refractivity contribution in [1.82, 2.24) is 0 Å². The first-order chi connectivity index (χ1) is 6.27. The summed E-state index contributed by atoms with van der Waals surface area (Å²) < 4.78 is 0. The summed E-state index contributed by atoms with van der Waals surface area (Å²) in [4.78, 5) is 0. The molecule has 1 aromatic rings. The highest BCUT2D eigenvalue weighted by atomic mass is 14.9. The lowest BCUT2D eigenvalue weighted by molar-refractivity contribution is 0.523. The van der Waals surface area contributed by atoms with Gasteiger partial charge in [-0.25, -0.2) is 0 Å². The van der Waals surface area contributed by atoms with E-state index in [4.69, 9.17) is 0 Å². The number of fused-ring (bicyclic) bond motifs is 1. The van der Waals surface area contributed by atoms with E-state index in [-0.39, 0.29) is 0 Å². The third kappa shape index (κ3) is 1.14. The van der Waals surface area contributed by atoms with Crippen LogP contribution in [0.25, 0.3) is 0 Å². The van der Waals surface area contributed by atoms with Crippen molar-refractivity contribution in [1.29, 1.82) is 0 Å². The number of benzene rings is 1. The molecule has 0 aromatic heterocycles. The number of nitrogens with one attached hydrogen (secondary N) is 1. The molecule has 1 nitrogen and oxygen atoms in total. The molecule has 1 aromatic carbocycles. The average molecular weight is 173 g/mol. The standard InChI is InChI=1S/C12H15N/c1-9-2-3-10-7-12(4-5-12)8-13-11(10)6-9/h2-3,6,13H,4-5,7-8H2,1H3. The van der Waals surface area contributed by atoms with Crippen LogP contribution in [-0.4, -0.2) is 6.54 Å². The van der Waals surface area contributed by atoms with Gasteiger partial charge in [0.25, 0.3) is 0 Å². The maximum atomic E-state index is 3.56. The van der Waals surface area contributed by atoms with Gasteiger partial charge in [0, 0.05) is 12.2 Å². The second-order valence-electron chi connectivity index (χ2n) is 4.69. The molecule has 1 aliphatic carbocycles. The largest absolute Gasteiger partial charge is 0.384 e. The number of hydrogen-bond acceptors (Lipinski definition) is 1. The molecule has 1 heterocycles. The van der Waals surface area contributed by atoms with Gasteiger partial charge in [-0.2, -0.15) is 0 Å². The minimum atomic E-state index is 0.655. The van der Waals surface area contributed by atoms with Crippen molar-refractivity contribution in [3.63, 3.8) is 0 Å². The minimum absolute atomic E-state index is 0.655. The van der Waals surface area contributed by atoms with E-state index in [0.717, 1.165) is 0 Å². The van der Waals surface area contributed by atoms with Gasteiger partial charge < -0.3 is 5.32 Å². The molecule has 1 aliphatic heterocycles. The third-order valence-electron chi connectivity index (χ3n) is 3.44. The molecule has 0 saturated heterocycles. The van der Waals surface area contributed by atoms with Crippen LogP contribution in [0.5, 0.6) is 0 Å². The third-order valence-corrected chi connectivity index (χ3v) is 3.44. The molecule has 0 atom stereocenters. The van der Waals surface area contributed by atoms with Crippen LogP contribution in [0.15, 0.2) is 18.2 Å². The average Bonchev–Trinajstić information content (AvgIpc) is 2.87. The summed E-state index contributed by atoms with van der Waals surface area (Å²) in [5.74, 6) is 0. The molecule has 1 fully saturated rings. The van der Waals surface area contributed by atoms with Crippen molar-refractivity contribution in [2.45, 2.75) is 26.2 Å². The number of anilines is 1. The van der Waals surface area contributed by atoms with Crippen molar-refractivity contribution in [2.75, 3.05) is 11.9 Å². The van der Waals surface area contributed by atoms with E-state index in [9.17, 15) is 0 Å². The fourth-order valence-corrected chi connectivity index (χ4v) is 2.29. The molecule has 0 unspecified atom stereocenters. The lowest BCUT2D eigenvalue weighted by Crippen LogP contribution is -2.24. The zero-order valence-corrected chi connectivity index (χ0v) is 8.06. The van der Waals surface area contributed by atoms with Crippen LogP contribution >= 0.6 is 0 Å². The van der Waals surface area contributed by atoms with Gasteiger partial charge in [-0.05, 0) is 48.8 Å². The molecule has 1 spiro atoms. The van der Waals surface area contributed by atoms with Crippen molar-refractivity contribution < 1.29 is 0 Å². The summed E-state index contributed by atoms with van der Waals surface area (Å²) in [6, 6.07) is 6.78. The highest BCUT2D eigenvalue weighted by Gasteiger charge is 2.44. The van der Waals surface area contributed by atoms with Crippen LogP contribution in [0.2, 0.25) is 0 Å². The fourth-order valence-electron chi connectivity index (χ4n) is 2.29. The first kappa shape index (κ1) is 7.43. The van der Waals surface area contributed by atoms with E-state index < -0.39 is 0 Å². The number of hydrogen-bond donors (Lipinski definition) is 1. The zero-order chi connectivity index (χ0) is 8.89. The Hall–Kier alpha value is -0.980. The van der Waals surface area contributed by atoms with Gasteiger partial charge in [-0.15, -0.1) is 0 Å². The van der Waals surface area contributed by atoms with Crippen LogP contribution in [-0.2, 0) is 6.42 Å². The number of rotatable bonds is 0. The van der Waals surface area contributed by atoms with Gasteiger partial charge in [0.15, 0.2) is 0 Å². The Morgan fingerprint density at radius 3 is 2.92 bits per heavy atom. The Morgan fingerprint density at radius 2 is 2.15 bits per heavy atom. The van der Waals surface area contributed by atoms with E-state index in [1.807, 2.05) is 0 Å². The fraction of sp³-hybridized carbons (Fsp3) is 0.500. The predicted octanol–water partition coefficient (Wildman–Crippen LogP) is 2.74. The molecule has 0 bridgehead atoms. The lowest BCUT2D eigenvalue weighted by Gasteiger charge is -2.26. The normalized spacial score (nSPS) is 22.2. The van der Waals surface area contributed by atoms with Crippen molar-refractivity contribution in [3.8, 4) is 0 Å². The Balaban J connectivity index is 2.00. The summed E-state index contributed by atoms with van der Waals surface area (Å²) in [6.07, 6.45) is 4.15. The van der Waals surface area contributed by atoms with E-state index in [0.29, 0.717) is 5.41 Å². The summed E-state index contributed by atoms with van der Waals surface area (Å²) in [7, 11) is 0. The van der Waals surface area contributed by atoms with E-state index in [2.05, 4.69) is 30.4 Å². The maximum Gasteiger partial charge on any atom is 0.0375 e. The summed E-state index contributed by atoms with van der Waals surface area (Å²) in [5, 5.41) is 3.56. The van der Waals surface area contributed by atoms with Gasteiger partial charge in [-0.1, -0.05) is 12.1 Å². The summed E-state index contributed by atoms with van der Waals surface area (Å²) in [6.45, 7) is 3.35. The minimum Gasteiger partial charge on any atom is -0.384 e. The Kier molecular flexibility index (Phi) is 1.30. The van der Waals surface area contributed by atoms with Crippen LogP contribution in [0.1, 0.15) is 24.0 Å². The monoisotopic (exact) mass is 173 g/mol. The SMILES string of the molecule is Cc1ccc2c(c1)NCC1(CC1)C2.